The third kappa shape index (κ3) is 3.94. The molecule has 2 fully saturated rings. The number of nitrogens with zero attached hydrogens (tertiary/aromatic N) is 1. The molecule has 4 nitrogen and oxygen atoms in total. The number of hydrogen-bond acceptors (Lipinski definition) is 4. The summed E-state index contributed by atoms with van der Waals surface area (Å²) in [5, 5.41) is 0. The minimum Gasteiger partial charge on any atom is -0.497 e. The fraction of sp³-hybridized carbons (Fsp3) is 0.412. The summed E-state index contributed by atoms with van der Waals surface area (Å²) in [6.45, 7) is 2.97. The lowest BCUT2D eigenvalue weighted by Crippen LogP contribution is -3.14. The van der Waals surface area contributed by atoms with Crippen molar-refractivity contribution in [2.75, 3.05) is 26.9 Å². The molecule has 1 aromatic carbocycles. The molecule has 3 rings (SSSR count). The fourth-order valence-corrected chi connectivity index (χ4v) is 4.18. The lowest BCUT2D eigenvalue weighted by molar-refractivity contribution is -0.911. The summed E-state index contributed by atoms with van der Waals surface area (Å²) in [5.74, 6) is 0.845. The van der Waals surface area contributed by atoms with Crippen molar-refractivity contribution in [1.29, 1.82) is 0 Å². The first-order valence-corrected chi connectivity index (χ1v) is 9.13. The summed E-state index contributed by atoms with van der Waals surface area (Å²) < 4.78 is 5.83. The van der Waals surface area contributed by atoms with Crippen molar-refractivity contribution in [3.8, 4) is 5.75 Å². The van der Waals surface area contributed by atoms with E-state index in [2.05, 4.69) is 0 Å². The number of piperidine rings is 1. The Hall–Kier alpha value is -1.37. The number of likely N-dealkylation sites (tertiary alicyclic amines) is 1. The number of methoxy groups -OCH3 is 1. The van der Waals surface area contributed by atoms with Crippen LogP contribution in [0.15, 0.2) is 29.2 Å². The lowest BCUT2D eigenvalue weighted by atomic mass is 10.1. The number of carbonyl (C=O) groups is 1. The summed E-state index contributed by atoms with van der Waals surface area (Å²) in [5.41, 5.74) is 0.983. The maximum Gasteiger partial charge on any atom is 0.270 e. The molecule has 0 atom stereocenters. The van der Waals surface area contributed by atoms with Crippen LogP contribution in [0.4, 0.5) is 0 Å². The molecule has 0 saturated carbocycles. The number of quaternary nitrogens is 1. The number of benzene rings is 1. The second-order valence-corrected chi connectivity index (χ2v) is 7.53. The summed E-state index contributed by atoms with van der Waals surface area (Å²) in [7, 11) is 1.64. The van der Waals surface area contributed by atoms with Crippen LogP contribution >= 0.6 is 24.0 Å². The van der Waals surface area contributed by atoms with E-state index in [1.54, 1.807) is 12.0 Å². The molecular weight excluding hydrogens is 328 g/mol. The SMILES string of the molecule is COc1ccc(/C=C2\SC(=S)N(C[NH+]3CCCCC3)C2=O)cc1. The minimum absolute atomic E-state index is 0.0360. The van der Waals surface area contributed by atoms with Gasteiger partial charge < -0.3 is 9.64 Å². The molecule has 0 spiro atoms. The molecular formula is C17H21N2O2S2+. The van der Waals surface area contributed by atoms with Gasteiger partial charge in [-0.2, -0.15) is 0 Å². The van der Waals surface area contributed by atoms with Crippen LogP contribution in [0.2, 0.25) is 0 Å². The van der Waals surface area contributed by atoms with Crippen molar-refractivity contribution in [3.63, 3.8) is 0 Å². The van der Waals surface area contributed by atoms with Crippen molar-refractivity contribution < 1.29 is 14.4 Å². The Morgan fingerprint density at radius 1 is 1.26 bits per heavy atom. The Bertz CT molecular complexity index is 622. The second-order valence-electron chi connectivity index (χ2n) is 5.85. The van der Waals surface area contributed by atoms with Gasteiger partial charge in [-0.1, -0.05) is 36.1 Å². The highest BCUT2D eigenvalue weighted by atomic mass is 32.2. The van der Waals surface area contributed by atoms with Gasteiger partial charge in [0.25, 0.3) is 5.91 Å². The van der Waals surface area contributed by atoms with Crippen LogP contribution in [0, 0.1) is 0 Å². The standard InChI is InChI=1S/C17H20N2O2S2/c1-21-14-7-5-13(6-8-14)11-15-16(20)19(17(22)23-15)12-18-9-3-2-4-10-18/h5-8,11H,2-4,9-10,12H2,1H3/p+1/b15-11-. The van der Waals surface area contributed by atoms with Gasteiger partial charge in [0, 0.05) is 0 Å². The van der Waals surface area contributed by atoms with E-state index < -0.39 is 0 Å². The number of ether oxygens (including phenoxy) is 1. The zero-order valence-electron chi connectivity index (χ0n) is 13.2. The van der Waals surface area contributed by atoms with E-state index in [4.69, 9.17) is 17.0 Å². The van der Waals surface area contributed by atoms with E-state index >= 15 is 0 Å². The predicted molar refractivity (Wildman–Crippen MR) is 97.4 cm³/mol. The predicted octanol–water partition coefficient (Wildman–Crippen LogP) is 1.92. The molecule has 0 radical (unpaired) electrons. The molecule has 2 aliphatic heterocycles. The van der Waals surface area contributed by atoms with Crippen molar-refractivity contribution >= 4 is 40.3 Å². The van der Waals surface area contributed by atoms with Crippen LogP contribution in [0.25, 0.3) is 6.08 Å². The van der Waals surface area contributed by atoms with E-state index in [0.717, 1.165) is 24.4 Å². The van der Waals surface area contributed by atoms with Crippen molar-refractivity contribution in [3.05, 3.63) is 34.7 Å². The number of carbonyl (C=O) groups excluding carboxylic acids is 1. The zero-order chi connectivity index (χ0) is 16.2. The summed E-state index contributed by atoms with van der Waals surface area (Å²) in [4.78, 5) is 16.6. The first-order valence-electron chi connectivity index (χ1n) is 7.90. The molecule has 122 valence electrons. The minimum atomic E-state index is 0.0360. The molecule has 6 heteroatoms. The average molecular weight is 350 g/mol. The van der Waals surface area contributed by atoms with E-state index in [0.29, 0.717) is 15.9 Å². The van der Waals surface area contributed by atoms with Gasteiger partial charge in [0.05, 0.1) is 25.1 Å². The van der Waals surface area contributed by atoms with Gasteiger partial charge >= 0.3 is 0 Å². The van der Waals surface area contributed by atoms with E-state index in [1.165, 1.54) is 35.9 Å². The molecule has 1 N–H and O–H groups in total. The zero-order valence-corrected chi connectivity index (χ0v) is 14.8. The first kappa shape index (κ1) is 16.5. The van der Waals surface area contributed by atoms with E-state index in [-0.39, 0.29) is 5.91 Å². The lowest BCUT2D eigenvalue weighted by Gasteiger charge is -2.27. The average Bonchev–Trinajstić information content (AvgIpc) is 2.84. The number of thiocarbonyl (C=S) groups is 1. The Labute approximate surface area is 146 Å². The molecule has 1 aromatic rings. The maximum atomic E-state index is 12.6. The van der Waals surface area contributed by atoms with Gasteiger partial charge in [-0.3, -0.25) is 4.79 Å². The van der Waals surface area contributed by atoms with Gasteiger partial charge in [0.1, 0.15) is 5.75 Å². The monoisotopic (exact) mass is 349 g/mol. The van der Waals surface area contributed by atoms with Crippen LogP contribution in [0.1, 0.15) is 24.8 Å². The summed E-state index contributed by atoms with van der Waals surface area (Å²) in [6, 6.07) is 7.68. The third-order valence-corrected chi connectivity index (χ3v) is 5.61. The molecule has 0 bridgehead atoms. The number of nitrogens with one attached hydrogen (secondary N) is 1. The molecule has 0 aromatic heterocycles. The van der Waals surface area contributed by atoms with Crippen LogP contribution in [0.3, 0.4) is 0 Å². The number of hydrogen-bond donors (Lipinski definition) is 1. The number of amides is 1. The van der Waals surface area contributed by atoms with Crippen molar-refractivity contribution in [1.82, 2.24) is 4.90 Å². The largest absolute Gasteiger partial charge is 0.497 e. The third-order valence-electron chi connectivity index (χ3n) is 4.23. The molecule has 1 amide bonds. The maximum absolute atomic E-state index is 12.6. The number of rotatable bonds is 4. The topological polar surface area (TPSA) is 34.0 Å². The van der Waals surface area contributed by atoms with Crippen LogP contribution < -0.4 is 9.64 Å². The highest BCUT2D eigenvalue weighted by Crippen LogP contribution is 2.32. The highest BCUT2D eigenvalue weighted by molar-refractivity contribution is 8.26. The van der Waals surface area contributed by atoms with Gasteiger partial charge in [0.15, 0.2) is 11.0 Å². The van der Waals surface area contributed by atoms with Gasteiger partial charge in [-0.25, -0.2) is 4.90 Å². The Kier molecular flexibility index (Phi) is 5.35. The molecule has 2 heterocycles. The fourth-order valence-electron chi connectivity index (χ4n) is 2.92. The number of thioether (sulfide) groups is 1. The Morgan fingerprint density at radius 3 is 2.61 bits per heavy atom. The van der Waals surface area contributed by atoms with Gasteiger partial charge in [-0.05, 0) is 43.0 Å². The van der Waals surface area contributed by atoms with Crippen molar-refractivity contribution in [2.24, 2.45) is 0 Å². The second kappa shape index (κ2) is 7.47. The molecule has 0 aliphatic carbocycles. The molecule has 0 unspecified atom stereocenters. The van der Waals surface area contributed by atoms with Crippen LogP contribution in [0.5, 0.6) is 5.75 Å². The van der Waals surface area contributed by atoms with E-state index in [1.807, 2.05) is 30.3 Å². The first-order chi connectivity index (χ1) is 11.2. The Balaban J connectivity index is 1.70. The molecule has 2 aliphatic rings. The molecule has 2 saturated heterocycles. The van der Waals surface area contributed by atoms with Crippen molar-refractivity contribution in [2.45, 2.75) is 19.3 Å². The summed E-state index contributed by atoms with van der Waals surface area (Å²) >= 11 is 6.81. The highest BCUT2D eigenvalue weighted by Gasteiger charge is 2.34. The van der Waals surface area contributed by atoms with Crippen LogP contribution in [-0.2, 0) is 4.79 Å². The quantitative estimate of drug-likeness (QED) is 0.665. The summed E-state index contributed by atoms with van der Waals surface area (Å²) in [6.07, 6.45) is 5.70. The Morgan fingerprint density at radius 2 is 1.96 bits per heavy atom. The van der Waals surface area contributed by atoms with Gasteiger partial charge in [-0.15, -0.1) is 0 Å². The van der Waals surface area contributed by atoms with E-state index in [9.17, 15) is 4.79 Å². The molecule has 23 heavy (non-hydrogen) atoms. The van der Waals surface area contributed by atoms with Gasteiger partial charge in [0.2, 0.25) is 0 Å². The smallest absolute Gasteiger partial charge is 0.270 e. The van der Waals surface area contributed by atoms with Crippen LogP contribution in [-0.4, -0.2) is 42.0 Å². The normalized spacial score (nSPS) is 21.3.